The van der Waals surface area contributed by atoms with Crippen LogP contribution < -0.4 is 25.0 Å². The first-order chi connectivity index (χ1) is 14.1. The third-order valence-corrected chi connectivity index (χ3v) is 5.12. The Kier molecular flexibility index (Phi) is 5.11. The van der Waals surface area contributed by atoms with Crippen molar-refractivity contribution < 1.29 is 9.47 Å². The monoisotopic (exact) mass is 395 g/mol. The molecule has 9 heteroatoms. The van der Waals surface area contributed by atoms with Gasteiger partial charge in [-0.25, -0.2) is 0 Å². The predicted molar refractivity (Wildman–Crippen MR) is 113 cm³/mol. The first kappa shape index (κ1) is 18.9. The van der Waals surface area contributed by atoms with Crippen LogP contribution in [0.2, 0.25) is 0 Å². The lowest BCUT2D eigenvalue weighted by Crippen LogP contribution is -2.47. The average Bonchev–Trinajstić information content (AvgIpc) is 3.20. The maximum atomic E-state index is 6.19. The second-order valence-electron chi connectivity index (χ2n) is 6.91. The van der Waals surface area contributed by atoms with Gasteiger partial charge >= 0.3 is 0 Å². The summed E-state index contributed by atoms with van der Waals surface area (Å²) in [6.45, 7) is 3.31. The van der Waals surface area contributed by atoms with E-state index in [1.54, 1.807) is 31.3 Å². The third-order valence-electron chi connectivity index (χ3n) is 5.12. The highest BCUT2D eigenvalue weighted by molar-refractivity contribution is 5.83. The van der Waals surface area contributed by atoms with Gasteiger partial charge in [-0.05, 0) is 6.07 Å². The molecule has 0 unspecified atom stereocenters. The summed E-state index contributed by atoms with van der Waals surface area (Å²) in [5.74, 6) is 2.02. The van der Waals surface area contributed by atoms with Gasteiger partial charge in [0.05, 0.1) is 38.5 Å². The standard InChI is InChI=1S/C20H25N7O2/c1-25-13-14(10-23-25)15-8-16(21)18(28-2)9-17(15)26-4-6-27(7-5-26)19-11-22-12-20(24-19)29-3/h8-13H,4-7,21H2,1-3H3. The predicted octanol–water partition coefficient (Wildman–Crippen LogP) is 1.80. The Labute approximate surface area is 169 Å². The van der Waals surface area contributed by atoms with Crippen molar-refractivity contribution in [1.82, 2.24) is 19.7 Å². The molecule has 1 aliphatic rings. The smallest absolute Gasteiger partial charge is 0.233 e. The van der Waals surface area contributed by atoms with Crippen LogP contribution in [-0.4, -0.2) is 60.1 Å². The van der Waals surface area contributed by atoms with Gasteiger partial charge in [-0.1, -0.05) is 0 Å². The highest BCUT2D eigenvalue weighted by Gasteiger charge is 2.23. The fourth-order valence-electron chi connectivity index (χ4n) is 3.58. The summed E-state index contributed by atoms with van der Waals surface area (Å²) in [5.41, 5.74) is 9.96. The van der Waals surface area contributed by atoms with Crippen molar-refractivity contribution in [2.75, 3.05) is 55.9 Å². The van der Waals surface area contributed by atoms with E-state index >= 15 is 0 Å². The summed E-state index contributed by atoms with van der Waals surface area (Å²) in [4.78, 5) is 13.3. The van der Waals surface area contributed by atoms with Gasteiger partial charge in [0, 0.05) is 62.3 Å². The van der Waals surface area contributed by atoms with Crippen LogP contribution in [0.3, 0.4) is 0 Å². The Morgan fingerprint density at radius 1 is 0.966 bits per heavy atom. The summed E-state index contributed by atoms with van der Waals surface area (Å²) in [5, 5.41) is 4.31. The molecule has 0 radical (unpaired) electrons. The number of hydrogen-bond acceptors (Lipinski definition) is 8. The lowest BCUT2D eigenvalue weighted by Gasteiger charge is -2.37. The van der Waals surface area contributed by atoms with E-state index < -0.39 is 0 Å². The van der Waals surface area contributed by atoms with Crippen molar-refractivity contribution in [3.8, 4) is 22.8 Å². The van der Waals surface area contributed by atoms with Gasteiger partial charge in [-0.15, -0.1) is 0 Å². The average molecular weight is 395 g/mol. The minimum atomic E-state index is 0.520. The first-order valence-electron chi connectivity index (χ1n) is 9.41. The number of nitrogens with two attached hydrogens (primary N) is 1. The minimum Gasteiger partial charge on any atom is -0.495 e. The van der Waals surface area contributed by atoms with Gasteiger partial charge in [0.1, 0.15) is 5.75 Å². The lowest BCUT2D eigenvalue weighted by molar-refractivity contribution is 0.395. The van der Waals surface area contributed by atoms with E-state index in [2.05, 4.69) is 24.9 Å². The molecule has 29 heavy (non-hydrogen) atoms. The second-order valence-corrected chi connectivity index (χ2v) is 6.91. The molecule has 4 rings (SSSR count). The van der Waals surface area contributed by atoms with Crippen molar-refractivity contribution in [2.45, 2.75) is 0 Å². The summed E-state index contributed by atoms with van der Waals surface area (Å²) < 4.78 is 12.5. The van der Waals surface area contributed by atoms with E-state index in [1.807, 2.05) is 31.6 Å². The molecule has 1 fully saturated rings. The van der Waals surface area contributed by atoms with Crippen LogP contribution in [-0.2, 0) is 7.05 Å². The molecule has 0 bridgehead atoms. The Morgan fingerprint density at radius 2 is 1.72 bits per heavy atom. The Bertz CT molecular complexity index is 996. The molecule has 2 N–H and O–H groups in total. The van der Waals surface area contributed by atoms with Gasteiger partial charge in [0.25, 0.3) is 0 Å². The summed E-state index contributed by atoms with van der Waals surface area (Å²) in [6.07, 6.45) is 7.23. The normalized spacial score (nSPS) is 14.2. The molecule has 1 aromatic carbocycles. The molecule has 0 aliphatic carbocycles. The number of piperazine rings is 1. The number of aryl methyl sites for hydroxylation is 1. The van der Waals surface area contributed by atoms with Crippen LogP contribution in [0.1, 0.15) is 0 Å². The number of nitrogen functional groups attached to an aromatic ring is 1. The molecule has 0 amide bonds. The van der Waals surface area contributed by atoms with E-state index in [4.69, 9.17) is 15.2 Å². The number of benzene rings is 1. The molecular formula is C20H25N7O2. The van der Waals surface area contributed by atoms with E-state index in [0.29, 0.717) is 17.3 Å². The highest BCUT2D eigenvalue weighted by Crippen LogP contribution is 2.38. The number of anilines is 3. The van der Waals surface area contributed by atoms with Gasteiger partial charge in [-0.2, -0.15) is 10.1 Å². The van der Waals surface area contributed by atoms with Crippen LogP contribution >= 0.6 is 0 Å². The second kappa shape index (κ2) is 7.86. The van der Waals surface area contributed by atoms with E-state index in [0.717, 1.165) is 48.8 Å². The van der Waals surface area contributed by atoms with Gasteiger partial charge in [-0.3, -0.25) is 9.67 Å². The van der Waals surface area contributed by atoms with E-state index in [9.17, 15) is 0 Å². The Balaban J connectivity index is 1.60. The molecule has 1 saturated heterocycles. The molecule has 3 aromatic rings. The Morgan fingerprint density at radius 3 is 2.38 bits per heavy atom. The number of methoxy groups -OCH3 is 2. The highest BCUT2D eigenvalue weighted by atomic mass is 16.5. The number of nitrogens with zero attached hydrogens (tertiary/aromatic N) is 6. The minimum absolute atomic E-state index is 0.520. The zero-order chi connectivity index (χ0) is 20.4. The molecular weight excluding hydrogens is 370 g/mol. The summed E-state index contributed by atoms with van der Waals surface area (Å²) >= 11 is 0. The van der Waals surface area contributed by atoms with Crippen molar-refractivity contribution in [3.05, 3.63) is 36.9 Å². The van der Waals surface area contributed by atoms with Crippen LogP contribution in [0.15, 0.2) is 36.9 Å². The van der Waals surface area contributed by atoms with Gasteiger partial charge < -0.3 is 25.0 Å². The van der Waals surface area contributed by atoms with Crippen molar-refractivity contribution in [3.63, 3.8) is 0 Å². The number of rotatable bonds is 5. The SMILES string of the molecule is COc1cncc(N2CCN(c3cc(OC)c(N)cc3-c3cnn(C)c3)CC2)n1. The molecule has 3 heterocycles. The number of hydrogen-bond donors (Lipinski definition) is 1. The maximum absolute atomic E-state index is 6.19. The van der Waals surface area contributed by atoms with Crippen LogP contribution in [0.25, 0.3) is 11.1 Å². The van der Waals surface area contributed by atoms with Crippen LogP contribution in [0.5, 0.6) is 11.6 Å². The summed E-state index contributed by atoms with van der Waals surface area (Å²) in [6, 6.07) is 3.98. The topological polar surface area (TPSA) is 94.6 Å². The fraction of sp³-hybridized carbons (Fsp3) is 0.350. The van der Waals surface area contributed by atoms with Crippen molar-refractivity contribution in [1.29, 1.82) is 0 Å². The van der Waals surface area contributed by atoms with Crippen molar-refractivity contribution in [2.24, 2.45) is 7.05 Å². The van der Waals surface area contributed by atoms with Gasteiger partial charge in [0.15, 0.2) is 5.82 Å². The third kappa shape index (κ3) is 3.75. The van der Waals surface area contributed by atoms with E-state index in [-0.39, 0.29) is 0 Å². The molecule has 0 atom stereocenters. The molecule has 2 aromatic heterocycles. The molecule has 152 valence electrons. The van der Waals surface area contributed by atoms with Crippen LogP contribution in [0, 0.1) is 0 Å². The van der Waals surface area contributed by atoms with Crippen molar-refractivity contribution >= 4 is 17.2 Å². The largest absolute Gasteiger partial charge is 0.495 e. The van der Waals surface area contributed by atoms with Gasteiger partial charge in [0.2, 0.25) is 5.88 Å². The Hall–Kier alpha value is -3.49. The molecule has 0 spiro atoms. The maximum Gasteiger partial charge on any atom is 0.233 e. The summed E-state index contributed by atoms with van der Waals surface area (Å²) in [7, 11) is 5.14. The molecule has 9 nitrogen and oxygen atoms in total. The fourth-order valence-corrected chi connectivity index (χ4v) is 3.58. The number of aromatic nitrogens is 4. The van der Waals surface area contributed by atoms with Crippen LogP contribution in [0.4, 0.5) is 17.2 Å². The molecule has 1 aliphatic heterocycles. The quantitative estimate of drug-likeness (QED) is 0.654. The first-order valence-corrected chi connectivity index (χ1v) is 9.41. The lowest BCUT2D eigenvalue weighted by atomic mass is 10.0. The zero-order valence-corrected chi connectivity index (χ0v) is 16.9. The number of ether oxygens (including phenoxy) is 2. The zero-order valence-electron chi connectivity index (χ0n) is 16.9. The van der Waals surface area contributed by atoms with E-state index in [1.165, 1.54) is 0 Å². The molecule has 0 saturated carbocycles.